The van der Waals surface area contributed by atoms with Gasteiger partial charge in [-0.05, 0) is 97.1 Å². The van der Waals surface area contributed by atoms with E-state index in [1.807, 2.05) is 172 Å². The summed E-state index contributed by atoms with van der Waals surface area (Å²) >= 11 is 6.21. The van der Waals surface area contributed by atoms with Gasteiger partial charge in [0, 0.05) is 132 Å². The van der Waals surface area contributed by atoms with E-state index in [-0.39, 0.29) is 0 Å². The van der Waals surface area contributed by atoms with Crippen molar-refractivity contribution in [3.8, 4) is 74.0 Å². The number of fused-ring (bicyclic) bond motifs is 20. The van der Waals surface area contributed by atoms with E-state index in [1.165, 1.54) is 32.6 Å². The number of halogens is 1. The van der Waals surface area contributed by atoms with Gasteiger partial charge in [-0.1, -0.05) is 232 Å². The molecule has 13 heteroatoms. The van der Waals surface area contributed by atoms with Gasteiger partial charge in [-0.15, -0.1) is 0 Å². The predicted molar refractivity (Wildman–Crippen MR) is 428 cm³/mol. The lowest BCUT2D eigenvalue weighted by molar-refractivity contribution is 0.633. The molecular weight excluding hydrogens is 1320 g/mol. The van der Waals surface area contributed by atoms with Crippen LogP contribution in [0.15, 0.2) is 333 Å². The van der Waals surface area contributed by atoms with Crippen LogP contribution in [0.5, 0.6) is 0 Å². The number of para-hydroxylation sites is 4. The number of aromatic amines is 1. The van der Waals surface area contributed by atoms with Crippen LogP contribution in [-0.4, -0.2) is 39.5 Å². The lowest BCUT2D eigenvalue weighted by Crippen LogP contribution is -2.00. The number of rotatable bonds is 7. The number of furan rings is 4. The Bertz CT molecular complexity index is 6860. The molecule has 22 aromatic rings. The zero-order valence-corrected chi connectivity index (χ0v) is 57.4. The molecule has 0 amide bonds. The van der Waals surface area contributed by atoms with Crippen molar-refractivity contribution in [2.24, 2.45) is 0 Å². The topological polar surface area (TPSA) is 151 Å². The Morgan fingerprint density at radius 2 is 0.533 bits per heavy atom. The van der Waals surface area contributed by atoms with E-state index in [9.17, 15) is 0 Å². The van der Waals surface area contributed by atoms with Crippen LogP contribution in [0.25, 0.3) is 205 Å². The molecule has 0 atom stereocenters. The Balaban J connectivity index is 0.000000123. The van der Waals surface area contributed by atoms with Crippen molar-refractivity contribution in [1.82, 2.24) is 39.5 Å². The highest BCUT2D eigenvalue weighted by Gasteiger charge is 2.22. The van der Waals surface area contributed by atoms with E-state index < -0.39 is 0 Å². The minimum absolute atomic E-state index is 0.577. The number of hydrogen-bond acceptors (Lipinski definition) is 10. The third-order valence-corrected chi connectivity index (χ3v) is 19.5. The molecule has 0 bridgehead atoms. The number of nitrogens with zero attached hydrogens (tertiary/aromatic N) is 7. The maximum atomic E-state index is 6.66. The Morgan fingerprint density at radius 3 is 0.914 bits per heavy atom. The molecular formula is C92H59ClN8O4. The van der Waals surface area contributed by atoms with Gasteiger partial charge in [-0.3, -0.25) is 0 Å². The molecule has 0 fully saturated rings. The largest absolute Gasteiger partial charge is 0.452 e. The van der Waals surface area contributed by atoms with Crippen LogP contribution in [0, 0.1) is 0 Å². The predicted octanol–water partition coefficient (Wildman–Crippen LogP) is 25.4. The summed E-state index contributed by atoms with van der Waals surface area (Å²) in [6.45, 7) is 4.00. The fourth-order valence-electron chi connectivity index (χ4n) is 14.4. The molecule has 1 N–H and O–H groups in total. The number of benzene rings is 14. The summed E-state index contributed by atoms with van der Waals surface area (Å²) in [5.41, 5.74) is 17.1. The van der Waals surface area contributed by atoms with Crippen LogP contribution in [0.4, 0.5) is 0 Å². The molecule has 105 heavy (non-hydrogen) atoms. The Labute approximate surface area is 604 Å². The van der Waals surface area contributed by atoms with Crippen molar-refractivity contribution < 1.29 is 17.7 Å². The number of H-pyrrole nitrogens is 1. The second-order valence-corrected chi connectivity index (χ2v) is 25.9. The van der Waals surface area contributed by atoms with Gasteiger partial charge in [0.05, 0.1) is 11.0 Å². The fourth-order valence-corrected chi connectivity index (χ4v) is 14.6. The van der Waals surface area contributed by atoms with Crippen molar-refractivity contribution in [2.45, 2.75) is 13.8 Å². The van der Waals surface area contributed by atoms with Crippen LogP contribution in [0.3, 0.4) is 0 Å². The van der Waals surface area contributed by atoms with E-state index in [1.54, 1.807) is 0 Å². The van der Waals surface area contributed by atoms with Crippen LogP contribution in [0.1, 0.15) is 13.8 Å². The molecule has 8 aromatic heterocycles. The molecule has 0 aliphatic rings. The van der Waals surface area contributed by atoms with Gasteiger partial charge in [0.2, 0.25) is 0 Å². The summed E-state index contributed by atoms with van der Waals surface area (Å²) in [5, 5.41) is 13.7. The molecule has 0 radical (unpaired) electrons. The maximum Gasteiger partial charge on any atom is 0.178 e. The molecule has 0 spiro atoms. The molecule has 0 saturated carbocycles. The third-order valence-electron chi connectivity index (χ3n) is 19.3. The van der Waals surface area contributed by atoms with Gasteiger partial charge < -0.3 is 27.2 Å². The molecule has 8 heterocycles. The third kappa shape index (κ3) is 11.0. The smallest absolute Gasteiger partial charge is 0.178 e. The maximum absolute atomic E-state index is 6.66. The summed E-state index contributed by atoms with van der Waals surface area (Å²) in [4.78, 5) is 32.6. The number of hydrogen-bond donors (Lipinski definition) is 1. The van der Waals surface area contributed by atoms with E-state index in [4.69, 9.17) is 59.2 Å². The monoisotopic (exact) mass is 1370 g/mol. The number of nitrogens with one attached hydrogen (secondary N) is 1. The van der Waals surface area contributed by atoms with Crippen molar-refractivity contribution in [3.63, 3.8) is 0 Å². The zero-order valence-electron chi connectivity index (χ0n) is 56.7. The van der Waals surface area contributed by atoms with Crippen molar-refractivity contribution >= 4 is 143 Å². The minimum Gasteiger partial charge on any atom is -0.452 e. The summed E-state index contributed by atoms with van der Waals surface area (Å²) in [5.74, 6) is 3.63. The van der Waals surface area contributed by atoms with Crippen LogP contribution < -0.4 is 0 Å². The van der Waals surface area contributed by atoms with E-state index in [0.717, 1.165) is 127 Å². The molecule has 498 valence electrons. The molecule has 12 nitrogen and oxygen atoms in total. The molecule has 22 rings (SSSR count). The quantitative estimate of drug-likeness (QED) is 0.163. The van der Waals surface area contributed by atoms with Crippen molar-refractivity contribution in [1.29, 1.82) is 0 Å². The average molecular weight is 1380 g/mol. The molecule has 14 aromatic carbocycles. The van der Waals surface area contributed by atoms with Crippen molar-refractivity contribution in [2.75, 3.05) is 0 Å². The van der Waals surface area contributed by atoms with Gasteiger partial charge in [-0.2, -0.15) is 0 Å². The highest BCUT2D eigenvalue weighted by molar-refractivity contribution is 6.31. The van der Waals surface area contributed by atoms with E-state index in [0.29, 0.717) is 51.1 Å². The van der Waals surface area contributed by atoms with Gasteiger partial charge in [-0.25, -0.2) is 29.9 Å². The summed E-state index contributed by atoms with van der Waals surface area (Å²) in [7, 11) is 0. The van der Waals surface area contributed by atoms with Crippen LogP contribution in [-0.2, 0) is 0 Å². The van der Waals surface area contributed by atoms with E-state index in [2.05, 4.69) is 167 Å². The van der Waals surface area contributed by atoms with Crippen LogP contribution in [0.2, 0.25) is 5.02 Å². The van der Waals surface area contributed by atoms with Gasteiger partial charge in [0.1, 0.15) is 22.3 Å². The Kier molecular flexibility index (Phi) is 15.4. The first-order valence-corrected chi connectivity index (χ1v) is 35.3. The SMILES string of the molecule is CC.Clc1ccc2c(c1)oc1c2ccc2c3ccc(-c4nc(-c5ccccc5)nc(-c5ccccc5)n4)cc3oc21.c1ccc(-c2nc(-c3ccccc3)nc(-c3ccc4c(c3)oc3c4ccc4c5ccc(-n6c7ccccc7c7ccccc76)cc5oc43)n2)cc1.c1ccc2c(c1)[nH]c1ccccc12. The van der Waals surface area contributed by atoms with Gasteiger partial charge in [0.25, 0.3) is 0 Å². The zero-order chi connectivity index (χ0) is 70.1. The summed E-state index contributed by atoms with van der Waals surface area (Å²) in [6.07, 6.45) is 0. The fraction of sp³-hybridized carbons (Fsp3) is 0.0217. The van der Waals surface area contributed by atoms with Crippen molar-refractivity contribution in [3.05, 3.63) is 320 Å². The van der Waals surface area contributed by atoms with Gasteiger partial charge >= 0.3 is 0 Å². The summed E-state index contributed by atoms with van der Waals surface area (Å²) < 4.78 is 28.2. The second-order valence-electron chi connectivity index (χ2n) is 25.5. The Hall–Kier alpha value is -13.8. The highest BCUT2D eigenvalue weighted by Crippen LogP contribution is 2.44. The normalized spacial score (nSPS) is 11.6. The molecule has 0 unspecified atom stereocenters. The van der Waals surface area contributed by atoms with Gasteiger partial charge in [0.15, 0.2) is 57.3 Å². The molecule has 0 saturated heterocycles. The first-order valence-electron chi connectivity index (χ1n) is 34.9. The molecule has 0 aliphatic heterocycles. The first kappa shape index (κ1) is 62.2. The van der Waals surface area contributed by atoms with Crippen LogP contribution >= 0.6 is 11.6 Å². The lowest BCUT2D eigenvalue weighted by atomic mass is 10.1. The molecule has 0 aliphatic carbocycles. The number of aromatic nitrogens is 8. The minimum atomic E-state index is 0.577. The van der Waals surface area contributed by atoms with E-state index >= 15 is 0 Å². The average Bonchev–Trinajstić information content (AvgIpc) is 1.58. The first-order chi connectivity index (χ1) is 51.9. The highest BCUT2D eigenvalue weighted by atomic mass is 35.5. The standard InChI is InChI=1S/C45H26N4O2.C33H18ClN3O2.C12H9N.C2H6/c1-3-11-27(12-4-1)43-46-44(28-13-5-2-6-14-28)48-45(47-43)29-19-21-33-35-23-24-36-34-22-20-30(26-40(34)51-42(36)41(35)50-39(33)25-29)49-37-17-9-7-15-31(37)32-16-8-10-18-38(32)49;34-22-12-14-24-26-16-15-25-23-13-11-21(17-27(23)38-29(25)30(26)39-28(24)18-22)33-36-31(19-7-3-1-4-8-19)35-32(37-33)20-9-5-2-6-10-20;1-3-7-11-9(5-1)10-6-2-4-8-12(10)13-11;1-2/h1-26H;1-18H;1-8,13H;1-2H3. The lowest BCUT2D eigenvalue weighted by Gasteiger charge is -2.08. The Morgan fingerprint density at radius 1 is 0.248 bits per heavy atom. The summed E-state index contributed by atoms with van der Waals surface area (Å²) in [6, 6.07) is 107. The second kappa shape index (κ2) is 26.0.